The van der Waals surface area contributed by atoms with E-state index >= 15 is 0 Å². The van der Waals surface area contributed by atoms with Crippen molar-refractivity contribution in [3.05, 3.63) is 40.1 Å². The van der Waals surface area contributed by atoms with Gasteiger partial charge in [-0.25, -0.2) is 4.98 Å². The summed E-state index contributed by atoms with van der Waals surface area (Å²) in [5, 5.41) is 3.36. The number of benzene rings is 1. The Labute approximate surface area is 127 Å². The van der Waals surface area contributed by atoms with Gasteiger partial charge in [-0.15, -0.1) is 0 Å². The van der Waals surface area contributed by atoms with E-state index in [4.69, 9.17) is 4.74 Å². The van der Waals surface area contributed by atoms with E-state index in [-0.39, 0.29) is 0 Å². The van der Waals surface area contributed by atoms with E-state index in [1.54, 1.807) is 0 Å². The minimum absolute atomic E-state index is 0.362. The molecule has 106 valence electrons. The van der Waals surface area contributed by atoms with Crippen LogP contribution >= 0.6 is 15.9 Å². The fourth-order valence-electron chi connectivity index (χ4n) is 2.48. The number of imidazole rings is 1. The number of nitrogens with zero attached hydrogens (tertiary/aromatic N) is 2. The van der Waals surface area contributed by atoms with Gasteiger partial charge in [0, 0.05) is 34.9 Å². The molecule has 0 spiro atoms. The Morgan fingerprint density at radius 2 is 2.30 bits per heavy atom. The molecule has 20 heavy (non-hydrogen) atoms. The second-order valence-electron chi connectivity index (χ2n) is 5.33. The number of fused-ring (bicyclic) bond motifs is 1. The second-order valence-corrected chi connectivity index (χ2v) is 6.25. The molecule has 5 heteroatoms. The van der Waals surface area contributed by atoms with Crippen LogP contribution < -0.4 is 10.1 Å². The molecule has 4 nitrogen and oxygen atoms in total. The van der Waals surface area contributed by atoms with Gasteiger partial charge in [0.05, 0.1) is 13.2 Å². The molecule has 0 aliphatic carbocycles. The Morgan fingerprint density at radius 3 is 3.10 bits per heavy atom. The quantitative estimate of drug-likeness (QED) is 0.930. The smallest absolute Gasteiger partial charge is 0.203 e. The van der Waals surface area contributed by atoms with Gasteiger partial charge in [0.2, 0.25) is 5.95 Å². The standard InChI is InChI=1S/C15H18BrN3O/c1-10(2)18-15-17-4-5-19(15)9-12-8-13(16)7-11-3-6-20-14(11)12/h4-5,7-8,10H,3,6,9H2,1-2H3,(H,17,18). The van der Waals surface area contributed by atoms with E-state index < -0.39 is 0 Å². The highest BCUT2D eigenvalue weighted by atomic mass is 79.9. The van der Waals surface area contributed by atoms with Crippen molar-refractivity contribution in [2.75, 3.05) is 11.9 Å². The molecule has 3 rings (SSSR count). The summed E-state index contributed by atoms with van der Waals surface area (Å²) in [5.74, 6) is 1.93. The lowest BCUT2D eigenvalue weighted by Crippen LogP contribution is -2.15. The van der Waals surface area contributed by atoms with Crippen molar-refractivity contribution in [3.8, 4) is 5.75 Å². The van der Waals surface area contributed by atoms with E-state index in [0.29, 0.717) is 6.04 Å². The maximum atomic E-state index is 5.78. The zero-order valence-electron chi connectivity index (χ0n) is 11.7. The van der Waals surface area contributed by atoms with Crippen molar-refractivity contribution >= 4 is 21.9 Å². The summed E-state index contributed by atoms with van der Waals surface area (Å²) >= 11 is 3.58. The van der Waals surface area contributed by atoms with Crippen LogP contribution in [0, 0.1) is 0 Å². The van der Waals surface area contributed by atoms with E-state index in [2.05, 4.69) is 56.8 Å². The lowest BCUT2D eigenvalue weighted by atomic mass is 10.1. The molecule has 0 saturated heterocycles. The van der Waals surface area contributed by atoms with Crippen molar-refractivity contribution < 1.29 is 4.74 Å². The van der Waals surface area contributed by atoms with Gasteiger partial charge in [0.25, 0.3) is 0 Å². The van der Waals surface area contributed by atoms with Crippen LogP contribution in [0.1, 0.15) is 25.0 Å². The fraction of sp³-hybridized carbons (Fsp3) is 0.400. The molecular formula is C15H18BrN3O. The molecular weight excluding hydrogens is 318 g/mol. The molecule has 1 aliphatic heterocycles. The maximum Gasteiger partial charge on any atom is 0.203 e. The largest absolute Gasteiger partial charge is 0.493 e. The highest BCUT2D eigenvalue weighted by Crippen LogP contribution is 2.33. The van der Waals surface area contributed by atoms with E-state index in [0.717, 1.165) is 35.7 Å². The molecule has 2 heterocycles. The van der Waals surface area contributed by atoms with Crippen molar-refractivity contribution in [1.82, 2.24) is 9.55 Å². The van der Waals surface area contributed by atoms with Gasteiger partial charge in [-0.3, -0.25) is 0 Å². The average molecular weight is 336 g/mol. The SMILES string of the molecule is CC(C)Nc1nccn1Cc1cc(Br)cc2c1OCC2. The number of nitrogens with one attached hydrogen (secondary N) is 1. The Balaban J connectivity index is 1.90. The van der Waals surface area contributed by atoms with Gasteiger partial charge in [0.15, 0.2) is 0 Å². The Kier molecular flexibility index (Phi) is 3.70. The minimum atomic E-state index is 0.362. The summed E-state index contributed by atoms with van der Waals surface area (Å²) in [4.78, 5) is 4.37. The first-order chi connectivity index (χ1) is 9.63. The summed E-state index contributed by atoms with van der Waals surface area (Å²) in [6.45, 7) is 5.76. The molecule has 0 saturated carbocycles. The predicted octanol–water partition coefficient (Wildman–Crippen LogP) is 3.45. The van der Waals surface area contributed by atoms with E-state index in [9.17, 15) is 0 Å². The third-order valence-corrected chi connectivity index (χ3v) is 3.76. The van der Waals surface area contributed by atoms with Crippen LogP contribution in [0.3, 0.4) is 0 Å². The van der Waals surface area contributed by atoms with Crippen LogP contribution in [0.5, 0.6) is 5.75 Å². The second kappa shape index (κ2) is 5.48. The monoisotopic (exact) mass is 335 g/mol. The van der Waals surface area contributed by atoms with Crippen molar-refractivity contribution in [1.29, 1.82) is 0 Å². The first kappa shape index (κ1) is 13.5. The molecule has 1 aromatic carbocycles. The Bertz CT molecular complexity index is 622. The average Bonchev–Trinajstić information content (AvgIpc) is 2.98. The van der Waals surface area contributed by atoms with Crippen molar-refractivity contribution in [2.24, 2.45) is 0 Å². The Morgan fingerprint density at radius 1 is 1.45 bits per heavy atom. The highest BCUT2D eigenvalue weighted by Gasteiger charge is 2.18. The topological polar surface area (TPSA) is 39.1 Å². The Hall–Kier alpha value is -1.49. The first-order valence-electron chi connectivity index (χ1n) is 6.85. The number of halogens is 1. The number of ether oxygens (including phenoxy) is 1. The summed E-state index contributed by atoms with van der Waals surface area (Å²) in [6.07, 6.45) is 4.81. The molecule has 0 bridgehead atoms. The molecule has 0 fully saturated rings. The van der Waals surface area contributed by atoms with Crippen LogP contribution in [0.15, 0.2) is 29.0 Å². The molecule has 0 atom stereocenters. The molecule has 0 amide bonds. The van der Waals surface area contributed by atoms with Crippen LogP contribution in [0.4, 0.5) is 5.95 Å². The number of anilines is 1. The molecule has 0 unspecified atom stereocenters. The highest BCUT2D eigenvalue weighted by molar-refractivity contribution is 9.10. The van der Waals surface area contributed by atoms with Gasteiger partial charge in [-0.05, 0) is 31.5 Å². The lowest BCUT2D eigenvalue weighted by Gasteiger charge is -2.14. The number of aromatic nitrogens is 2. The van der Waals surface area contributed by atoms with Crippen LogP contribution in [-0.2, 0) is 13.0 Å². The normalized spacial score (nSPS) is 13.4. The lowest BCUT2D eigenvalue weighted by molar-refractivity contribution is 0.352. The summed E-state index contributed by atoms with van der Waals surface area (Å²) in [5.41, 5.74) is 2.48. The third-order valence-electron chi connectivity index (χ3n) is 3.30. The zero-order chi connectivity index (χ0) is 14.1. The molecule has 2 aromatic rings. The molecule has 0 radical (unpaired) electrons. The van der Waals surface area contributed by atoms with Gasteiger partial charge >= 0.3 is 0 Å². The predicted molar refractivity (Wildman–Crippen MR) is 83.4 cm³/mol. The molecule has 1 N–H and O–H groups in total. The van der Waals surface area contributed by atoms with Gasteiger partial charge in [0.1, 0.15) is 5.75 Å². The summed E-state index contributed by atoms with van der Waals surface area (Å²) < 4.78 is 9.00. The summed E-state index contributed by atoms with van der Waals surface area (Å²) in [6, 6.07) is 4.64. The van der Waals surface area contributed by atoms with Gasteiger partial charge in [-0.2, -0.15) is 0 Å². The van der Waals surface area contributed by atoms with Crippen LogP contribution in [0.25, 0.3) is 0 Å². The first-order valence-corrected chi connectivity index (χ1v) is 7.64. The fourth-order valence-corrected chi connectivity index (χ4v) is 3.03. The van der Waals surface area contributed by atoms with Crippen LogP contribution in [-0.4, -0.2) is 22.2 Å². The number of hydrogen-bond donors (Lipinski definition) is 1. The number of rotatable bonds is 4. The van der Waals surface area contributed by atoms with Gasteiger partial charge < -0.3 is 14.6 Å². The molecule has 1 aromatic heterocycles. The maximum absolute atomic E-state index is 5.78. The number of hydrogen-bond acceptors (Lipinski definition) is 3. The zero-order valence-corrected chi connectivity index (χ0v) is 13.3. The van der Waals surface area contributed by atoms with Crippen molar-refractivity contribution in [3.63, 3.8) is 0 Å². The molecule has 1 aliphatic rings. The van der Waals surface area contributed by atoms with Gasteiger partial charge in [-0.1, -0.05) is 15.9 Å². The summed E-state index contributed by atoms with van der Waals surface area (Å²) in [7, 11) is 0. The minimum Gasteiger partial charge on any atom is -0.493 e. The van der Waals surface area contributed by atoms with Crippen molar-refractivity contribution in [2.45, 2.75) is 32.9 Å². The third kappa shape index (κ3) is 2.68. The van der Waals surface area contributed by atoms with Crippen LogP contribution in [0.2, 0.25) is 0 Å². The van der Waals surface area contributed by atoms with E-state index in [1.165, 1.54) is 11.1 Å². The van der Waals surface area contributed by atoms with E-state index in [1.807, 2.05) is 12.4 Å².